The van der Waals surface area contributed by atoms with Gasteiger partial charge < -0.3 is 4.57 Å². The molecule has 0 fully saturated rings. The second kappa shape index (κ2) is 14.0. The van der Waals surface area contributed by atoms with Crippen LogP contribution in [0.4, 0.5) is 5.69 Å². The molecule has 4 rings (SSSR count). The predicted octanol–water partition coefficient (Wildman–Crippen LogP) is 4.47. The number of benzene rings is 1. The van der Waals surface area contributed by atoms with Crippen molar-refractivity contribution in [2.45, 2.75) is 64.7 Å². The molecule has 0 amide bonds. The third-order valence-corrected chi connectivity index (χ3v) is 6.40. The Morgan fingerprint density at radius 3 is 2.25 bits per heavy atom. The summed E-state index contributed by atoms with van der Waals surface area (Å²) in [5.74, 6) is 0. The molecule has 36 heavy (non-hydrogen) atoms. The molecule has 0 aliphatic rings. The van der Waals surface area contributed by atoms with Crippen LogP contribution in [-0.4, -0.2) is 27.4 Å². The second-order valence-corrected chi connectivity index (χ2v) is 9.28. The fourth-order valence-electron chi connectivity index (χ4n) is 4.22. The van der Waals surface area contributed by atoms with Gasteiger partial charge in [0.15, 0.2) is 12.4 Å². The Hall–Kier alpha value is -3.74. The molecule has 7 heteroatoms. The number of aryl methyl sites for hydroxylation is 4. The fraction of sp³-hybridized carbons (Fsp3) is 0.379. The van der Waals surface area contributed by atoms with Crippen molar-refractivity contribution in [3.8, 4) is 0 Å². The van der Waals surface area contributed by atoms with Gasteiger partial charge in [-0.3, -0.25) is 5.01 Å². The van der Waals surface area contributed by atoms with Gasteiger partial charge in [0, 0.05) is 50.1 Å². The summed E-state index contributed by atoms with van der Waals surface area (Å²) >= 11 is 0. The van der Waals surface area contributed by atoms with Crippen molar-refractivity contribution in [1.82, 2.24) is 14.1 Å². The Kier molecular flexibility index (Phi) is 9.84. The van der Waals surface area contributed by atoms with E-state index in [1.807, 2.05) is 55.2 Å². The number of hydrazone groups is 1. The molecule has 0 saturated heterocycles. The maximum Gasteiger partial charge on any atom is 0.243 e. The molecule has 0 atom stereocenters. The molecule has 188 valence electrons. The van der Waals surface area contributed by atoms with Gasteiger partial charge in [-0.2, -0.15) is 5.10 Å². The van der Waals surface area contributed by atoms with Crippen LogP contribution in [0.1, 0.15) is 44.1 Å². The molecule has 0 spiro atoms. The Balaban J connectivity index is 1.06. The van der Waals surface area contributed by atoms with Crippen molar-refractivity contribution in [1.29, 1.82) is 0 Å². The fourth-order valence-corrected chi connectivity index (χ4v) is 4.22. The minimum Gasteiger partial charge on any atom is -0.337 e. The summed E-state index contributed by atoms with van der Waals surface area (Å²) < 4.78 is 9.03. The molecule has 0 aliphatic carbocycles. The zero-order valence-electron chi connectivity index (χ0n) is 21.4. The molecule has 0 bridgehead atoms. The first-order chi connectivity index (χ1) is 17.8. The minimum atomic E-state index is 1.05. The number of anilines is 1. The third kappa shape index (κ3) is 8.48. The molecule has 7 nitrogen and oxygen atoms in total. The van der Waals surface area contributed by atoms with Gasteiger partial charge in [-0.1, -0.05) is 18.2 Å². The number of imidazole rings is 2. The Morgan fingerprint density at radius 2 is 1.53 bits per heavy atom. The first kappa shape index (κ1) is 25.4. The monoisotopic (exact) mass is 485 g/mol. The highest BCUT2D eigenvalue weighted by molar-refractivity contribution is 5.79. The second-order valence-electron chi connectivity index (χ2n) is 9.28. The lowest BCUT2D eigenvalue weighted by atomic mass is 10.2. The van der Waals surface area contributed by atoms with Crippen LogP contribution in [0.15, 0.2) is 97.4 Å². The van der Waals surface area contributed by atoms with E-state index in [0.29, 0.717) is 0 Å². The Bertz CT molecular complexity index is 1150. The van der Waals surface area contributed by atoms with Gasteiger partial charge in [-0.25, -0.2) is 18.7 Å². The van der Waals surface area contributed by atoms with Crippen LogP contribution in [-0.2, 0) is 26.2 Å². The molecule has 0 N–H and O–H groups in total. The Morgan fingerprint density at radius 1 is 0.806 bits per heavy atom. The van der Waals surface area contributed by atoms with Crippen molar-refractivity contribution in [2.24, 2.45) is 5.10 Å². The van der Waals surface area contributed by atoms with E-state index < -0.39 is 0 Å². The highest BCUT2D eigenvalue weighted by atomic mass is 15.4. The van der Waals surface area contributed by atoms with Gasteiger partial charge in [0.25, 0.3) is 0 Å². The van der Waals surface area contributed by atoms with Gasteiger partial charge in [0.2, 0.25) is 6.33 Å². The lowest BCUT2D eigenvalue weighted by Crippen LogP contribution is -2.32. The number of nitrogens with zero attached hydrogens (tertiary/aromatic N) is 7. The number of unbranched alkanes of at least 4 members (excludes halogenated alkanes) is 4. The van der Waals surface area contributed by atoms with E-state index in [1.54, 1.807) is 0 Å². The van der Waals surface area contributed by atoms with E-state index >= 15 is 0 Å². The summed E-state index contributed by atoms with van der Waals surface area (Å²) in [6.07, 6.45) is 25.9. The van der Waals surface area contributed by atoms with E-state index in [2.05, 4.69) is 83.7 Å². The number of rotatable bonds is 15. The first-order valence-corrected chi connectivity index (χ1v) is 13.1. The molecule has 3 heterocycles. The van der Waals surface area contributed by atoms with Gasteiger partial charge in [0.05, 0.1) is 31.3 Å². The van der Waals surface area contributed by atoms with Crippen molar-refractivity contribution in [3.05, 3.63) is 97.9 Å². The van der Waals surface area contributed by atoms with E-state index in [9.17, 15) is 0 Å². The third-order valence-electron chi connectivity index (χ3n) is 6.40. The maximum absolute atomic E-state index is 4.54. The van der Waals surface area contributed by atoms with Crippen molar-refractivity contribution >= 4 is 11.9 Å². The summed E-state index contributed by atoms with van der Waals surface area (Å²) in [5.41, 5.74) is 2.18. The smallest absolute Gasteiger partial charge is 0.243 e. The molecule has 1 aromatic carbocycles. The topological polar surface area (TPSA) is 46.1 Å². The minimum absolute atomic E-state index is 1.05. The number of aromatic nitrogens is 5. The van der Waals surface area contributed by atoms with Gasteiger partial charge in [0.1, 0.15) is 18.9 Å². The summed E-state index contributed by atoms with van der Waals surface area (Å²) in [5, 5.41) is 6.43. The zero-order valence-corrected chi connectivity index (χ0v) is 21.4. The molecule has 0 radical (unpaired) electrons. The average Bonchev–Trinajstić information content (AvgIpc) is 3.61. The summed E-state index contributed by atoms with van der Waals surface area (Å²) in [4.78, 5) is 4.09. The largest absolute Gasteiger partial charge is 0.337 e. The normalized spacial score (nSPS) is 11.4. The molecular formula is C29H39N7+2. The summed E-state index contributed by atoms with van der Waals surface area (Å²) in [7, 11) is 1.97. The lowest BCUT2D eigenvalue weighted by Gasteiger charge is -2.11. The van der Waals surface area contributed by atoms with Crippen LogP contribution in [0.2, 0.25) is 0 Å². The SMILES string of the molecule is CN(/N=C/c1cc[n+](CCCCCC[n+]2ccn(CCCCn3ccnc3)c2)cc1)c1ccccc1. The van der Waals surface area contributed by atoms with E-state index in [-0.39, 0.29) is 0 Å². The molecule has 0 aliphatic heterocycles. The number of para-hydroxylation sites is 1. The standard InChI is InChI=1S/C29H39N7/c1-32(29-11-5-4-6-12-29)31-25-28-13-20-33(21-14-28)16-7-2-3-8-18-35-23-24-36(27-35)19-10-9-17-34-22-15-30-26-34/h4-6,11-15,20-27H,2-3,7-10,16-19H2,1H3/q+2. The highest BCUT2D eigenvalue weighted by Crippen LogP contribution is 2.11. The van der Waals surface area contributed by atoms with Gasteiger partial charge >= 0.3 is 0 Å². The van der Waals surface area contributed by atoms with Crippen LogP contribution in [0.5, 0.6) is 0 Å². The molecule has 3 aromatic heterocycles. The van der Waals surface area contributed by atoms with Crippen molar-refractivity contribution < 1.29 is 9.13 Å². The number of hydrogen-bond acceptors (Lipinski definition) is 3. The van der Waals surface area contributed by atoms with E-state index in [4.69, 9.17) is 0 Å². The molecular weight excluding hydrogens is 446 g/mol. The average molecular weight is 486 g/mol. The van der Waals surface area contributed by atoms with Gasteiger partial charge in [-0.15, -0.1) is 0 Å². The summed E-state index contributed by atoms with van der Waals surface area (Å²) in [6, 6.07) is 14.4. The van der Waals surface area contributed by atoms with Gasteiger partial charge in [-0.05, 0) is 44.2 Å². The zero-order chi connectivity index (χ0) is 24.8. The van der Waals surface area contributed by atoms with E-state index in [1.165, 1.54) is 38.5 Å². The van der Waals surface area contributed by atoms with Crippen LogP contribution >= 0.6 is 0 Å². The molecule has 4 aromatic rings. The van der Waals surface area contributed by atoms with Crippen LogP contribution < -0.4 is 14.1 Å². The first-order valence-electron chi connectivity index (χ1n) is 13.1. The number of pyridine rings is 1. The van der Waals surface area contributed by atoms with Crippen molar-refractivity contribution in [2.75, 3.05) is 12.1 Å². The molecule has 0 unspecified atom stereocenters. The van der Waals surface area contributed by atoms with Crippen LogP contribution in [0.3, 0.4) is 0 Å². The quantitative estimate of drug-likeness (QED) is 0.108. The molecule has 0 saturated carbocycles. The van der Waals surface area contributed by atoms with Crippen molar-refractivity contribution in [3.63, 3.8) is 0 Å². The summed E-state index contributed by atoms with van der Waals surface area (Å²) in [6.45, 7) is 4.28. The van der Waals surface area contributed by atoms with Crippen LogP contribution in [0, 0.1) is 0 Å². The lowest BCUT2D eigenvalue weighted by molar-refractivity contribution is -0.698. The maximum atomic E-state index is 4.54. The van der Waals surface area contributed by atoms with E-state index in [0.717, 1.165) is 37.4 Å². The Labute approximate surface area is 215 Å². The highest BCUT2D eigenvalue weighted by Gasteiger charge is 2.05. The van der Waals surface area contributed by atoms with Crippen LogP contribution in [0.25, 0.3) is 0 Å². The number of hydrogen-bond donors (Lipinski definition) is 0. The predicted molar refractivity (Wildman–Crippen MR) is 144 cm³/mol.